The second-order valence-corrected chi connectivity index (χ2v) is 7.78. The maximum Gasteiger partial charge on any atom is 0.286 e. The molecule has 0 aliphatic rings. The normalized spacial score (nSPS) is 10.7. The van der Waals surface area contributed by atoms with Crippen molar-refractivity contribution in [2.24, 2.45) is 7.05 Å². The second kappa shape index (κ2) is 8.57. The maximum atomic E-state index is 12.4. The number of hydrogen-bond acceptors (Lipinski definition) is 5. The van der Waals surface area contributed by atoms with E-state index in [1.54, 1.807) is 48.1 Å². The van der Waals surface area contributed by atoms with Crippen LogP contribution in [0.3, 0.4) is 0 Å². The Balaban J connectivity index is 1.42. The van der Waals surface area contributed by atoms with Crippen LogP contribution in [-0.2, 0) is 7.05 Å². The van der Waals surface area contributed by atoms with Crippen LogP contribution in [-0.4, -0.2) is 26.6 Å². The third kappa shape index (κ3) is 4.41. The molecule has 4 rings (SSSR count). The molecule has 0 atom stereocenters. The van der Waals surface area contributed by atoms with E-state index in [0.717, 1.165) is 15.6 Å². The number of nitrogens with one attached hydrogen (secondary N) is 2. The van der Waals surface area contributed by atoms with Crippen LogP contribution in [0.25, 0.3) is 22.9 Å². The highest BCUT2D eigenvalue weighted by molar-refractivity contribution is 9.10. The number of rotatable bonds is 4. The lowest BCUT2D eigenvalue weighted by Gasteiger charge is -2.08. The minimum Gasteiger partial charge on any atom is -0.416 e. The molecular formula is C22H18BrN5O3. The van der Waals surface area contributed by atoms with E-state index in [1.165, 1.54) is 0 Å². The van der Waals surface area contributed by atoms with Crippen LogP contribution in [0, 0.1) is 6.92 Å². The lowest BCUT2D eigenvalue weighted by Crippen LogP contribution is -2.42. The van der Waals surface area contributed by atoms with Gasteiger partial charge in [0.15, 0.2) is 0 Å². The number of carbonyl (C=O) groups is 2. The number of halogens is 1. The van der Waals surface area contributed by atoms with Gasteiger partial charge in [0.1, 0.15) is 5.69 Å². The molecule has 0 aliphatic heterocycles. The van der Waals surface area contributed by atoms with Crippen LogP contribution in [0.5, 0.6) is 0 Å². The molecule has 0 aliphatic carbocycles. The largest absolute Gasteiger partial charge is 0.416 e. The first-order valence-corrected chi connectivity index (χ1v) is 10.1. The van der Waals surface area contributed by atoms with Gasteiger partial charge in [0.25, 0.3) is 11.8 Å². The number of benzene rings is 2. The number of nitrogens with zero attached hydrogens (tertiary/aromatic N) is 3. The Bertz CT molecular complexity index is 1260. The van der Waals surface area contributed by atoms with Gasteiger partial charge in [0.2, 0.25) is 11.8 Å². The fourth-order valence-electron chi connectivity index (χ4n) is 3.03. The third-order valence-corrected chi connectivity index (χ3v) is 5.12. The van der Waals surface area contributed by atoms with E-state index in [0.29, 0.717) is 28.6 Å². The SMILES string of the molecule is Cc1ccccc1-c1nnc(-c2ccc(C(=O)NNC(=O)c3cc(Br)cn3C)cc2)o1. The molecular weight excluding hydrogens is 462 g/mol. The average molecular weight is 480 g/mol. The van der Waals surface area contributed by atoms with Gasteiger partial charge in [-0.15, -0.1) is 10.2 Å². The number of hydrogen-bond donors (Lipinski definition) is 2. The number of carbonyl (C=O) groups excluding carboxylic acids is 2. The Kier molecular flexibility index (Phi) is 5.68. The summed E-state index contributed by atoms with van der Waals surface area (Å²) in [7, 11) is 1.74. The Hall–Kier alpha value is -3.72. The van der Waals surface area contributed by atoms with Crippen molar-refractivity contribution < 1.29 is 14.0 Å². The molecule has 2 amide bonds. The van der Waals surface area contributed by atoms with Gasteiger partial charge in [-0.1, -0.05) is 18.2 Å². The lowest BCUT2D eigenvalue weighted by molar-refractivity contribution is 0.0842. The lowest BCUT2D eigenvalue weighted by atomic mass is 10.1. The minimum atomic E-state index is -0.445. The number of aromatic nitrogens is 3. The van der Waals surface area contributed by atoms with Gasteiger partial charge in [-0.3, -0.25) is 20.4 Å². The number of amides is 2. The summed E-state index contributed by atoms with van der Waals surface area (Å²) < 4.78 is 8.21. The number of hydrazine groups is 1. The second-order valence-electron chi connectivity index (χ2n) is 6.87. The van der Waals surface area contributed by atoms with E-state index in [4.69, 9.17) is 4.42 Å². The molecule has 2 aromatic heterocycles. The Morgan fingerprint density at radius 3 is 2.32 bits per heavy atom. The highest BCUT2D eigenvalue weighted by Crippen LogP contribution is 2.26. The van der Waals surface area contributed by atoms with Gasteiger partial charge in [-0.25, -0.2) is 0 Å². The van der Waals surface area contributed by atoms with Gasteiger partial charge in [-0.2, -0.15) is 0 Å². The summed E-state index contributed by atoms with van der Waals surface area (Å²) in [4.78, 5) is 24.6. The average Bonchev–Trinajstić information content (AvgIpc) is 3.38. The third-order valence-electron chi connectivity index (χ3n) is 4.69. The van der Waals surface area contributed by atoms with Crippen molar-refractivity contribution in [3.8, 4) is 22.9 Å². The summed E-state index contributed by atoms with van der Waals surface area (Å²) in [6, 6.07) is 16.1. The summed E-state index contributed by atoms with van der Waals surface area (Å²) in [5.41, 5.74) is 8.18. The molecule has 2 heterocycles. The highest BCUT2D eigenvalue weighted by Gasteiger charge is 2.15. The Morgan fingerprint density at radius 2 is 1.65 bits per heavy atom. The van der Waals surface area contributed by atoms with Crippen LogP contribution in [0.2, 0.25) is 0 Å². The first-order chi connectivity index (χ1) is 14.9. The standard InChI is InChI=1S/C22H18BrN5O3/c1-13-5-3-4-6-17(13)22-27-26-21(31-22)15-9-7-14(8-10-15)19(29)24-25-20(30)18-11-16(23)12-28(18)2/h3-12H,1-2H3,(H,24,29)(H,25,30). The molecule has 9 heteroatoms. The van der Waals surface area contributed by atoms with Crippen molar-refractivity contribution in [2.75, 3.05) is 0 Å². The van der Waals surface area contributed by atoms with Crippen LogP contribution in [0.15, 0.2) is 69.7 Å². The summed E-state index contributed by atoms with van der Waals surface area (Å²) in [6.07, 6.45) is 1.75. The minimum absolute atomic E-state index is 0.354. The molecule has 0 bridgehead atoms. The quantitative estimate of drug-likeness (QED) is 0.432. The zero-order valence-electron chi connectivity index (χ0n) is 16.7. The van der Waals surface area contributed by atoms with Crippen molar-refractivity contribution in [3.05, 3.63) is 82.1 Å². The molecule has 0 radical (unpaired) electrons. The summed E-state index contributed by atoms with van der Waals surface area (Å²) >= 11 is 3.31. The van der Waals surface area contributed by atoms with E-state index in [-0.39, 0.29) is 0 Å². The Labute approximate surface area is 186 Å². The van der Waals surface area contributed by atoms with E-state index in [1.807, 2.05) is 31.2 Å². The molecule has 4 aromatic rings. The van der Waals surface area contributed by atoms with Crippen molar-refractivity contribution in [3.63, 3.8) is 0 Å². The van der Waals surface area contributed by atoms with Crippen molar-refractivity contribution >= 4 is 27.7 Å². The van der Waals surface area contributed by atoms with Crippen LogP contribution >= 0.6 is 15.9 Å². The van der Waals surface area contributed by atoms with Crippen LogP contribution in [0.1, 0.15) is 26.4 Å². The zero-order chi connectivity index (χ0) is 22.0. The first-order valence-electron chi connectivity index (χ1n) is 9.35. The summed E-state index contributed by atoms with van der Waals surface area (Å²) in [5.74, 6) is -0.0789. The van der Waals surface area contributed by atoms with Gasteiger partial charge >= 0.3 is 0 Å². The van der Waals surface area contributed by atoms with E-state index < -0.39 is 11.8 Å². The molecule has 0 fully saturated rings. The van der Waals surface area contributed by atoms with Gasteiger partial charge in [-0.05, 0) is 64.8 Å². The molecule has 2 aromatic carbocycles. The van der Waals surface area contributed by atoms with Gasteiger partial charge in [0, 0.05) is 34.4 Å². The molecule has 0 unspecified atom stereocenters. The van der Waals surface area contributed by atoms with Crippen LogP contribution in [0.4, 0.5) is 0 Å². The van der Waals surface area contributed by atoms with Crippen molar-refractivity contribution in [1.29, 1.82) is 0 Å². The molecule has 2 N–H and O–H groups in total. The van der Waals surface area contributed by atoms with Crippen LogP contribution < -0.4 is 10.9 Å². The topological polar surface area (TPSA) is 102 Å². The van der Waals surface area contributed by atoms with E-state index in [9.17, 15) is 9.59 Å². The molecule has 8 nitrogen and oxygen atoms in total. The van der Waals surface area contributed by atoms with Crippen molar-refractivity contribution in [2.45, 2.75) is 6.92 Å². The summed E-state index contributed by atoms with van der Waals surface area (Å²) in [5, 5.41) is 8.22. The monoisotopic (exact) mass is 479 g/mol. The number of aryl methyl sites for hydroxylation is 2. The molecule has 0 spiro atoms. The molecule has 0 saturated carbocycles. The predicted molar refractivity (Wildman–Crippen MR) is 118 cm³/mol. The molecule has 0 saturated heterocycles. The first kappa shape index (κ1) is 20.5. The Morgan fingerprint density at radius 1 is 0.968 bits per heavy atom. The van der Waals surface area contributed by atoms with E-state index >= 15 is 0 Å². The van der Waals surface area contributed by atoms with Gasteiger partial charge < -0.3 is 8.98 Å². The zero-order valence-corrected chi connectivity index (χ0v) is 18.3. The molecule has 31 heavy (non-hydrogen) atoms. The highest BCUT2D eigenvalue weighted by atomic mass is 79.9. The maximum absolute atomic E-state index is 12.4. The summed E-state index contributed by atoms with van der Waals surface area (Å²) in [6.45, 7) is 1.97. The fraction of sp³-hybridized carbons (Fsp3) is 0.0909. The predicted octanol–water partition coefficient (Wildman–Crippen LogP) is 3.89. The van der Waals surface area contributed by atoms with E-state index in [2.05, 4.69) is 37.0 Å². The van der Waals surface area contributed by atoms with Crippen molar-refractivity contribution in [1.82, 2.24) is 25.6 Å². The molecule has 156 valence electrons. The van der Waals surface area contributed by atoms with Gasteiger partial charge in [0.05, 0.1) is 0 Å². The fourth-order valence-corrected chi connectivity index (χ4v) is 3.55. The smallest absolute Gasteiger partial charge is 0.286 e.